The molecule has 2 aromatic carbocycles. The van der Waals surface area contributed by atoms with Crippen LogP contribution in [0, 0.1) is 0 Å². The molecule has 0 aliphatic carbocycles. The molecule has 0 saturated heterocycles. The van der Waals surface area contributed by atoms with Crippen LogP contribution in [0.1, 0.15) is 58.6 Å². The molecule has 1 unspecified atom stereocenters. The van der Waals surface area contributed by atoms with Gasteiger partial charge in [0.05, 0.1) is 24.3 Å². The van der Waals surface area contributed by atoms with Crippen molar-refractivity contribution in [3.63, 3.8) is 0 Å². The Morgan fingerprint density at radius 2 is 1.87 bits per heavy atom. The van der Waals surface area contributed by atoms with E-state index >= 15 is 0 Å². The predicted molar refractivity (Wildman–Crippen MR) is 135 cm³/mol. The van der Waals surface area contributed by atoms with Gasteiger partial charge in [0.15, 0.2) is 5.96 Å². The molecular weight excluding hydrogens is 496 g/mol. The van der Waals surface area contributed by atoms with Crippen LogP contribution in [0.2, 0.25) is 0 Å². The van der Waals surface area contributed by atoms with Gasteiger partial charge in [0.25, 0.3) is 0 Å². The number of nitrogens with one attached hydrogen (secondary N) is 1. The largest absolute Gasteiger partial charge is 0.492 e. The number of carbonyl (C=O) groups excluding carboxylic acids is 2. The minimum Gasteiger partial charge on any atom is -0.492 e. The molecule has 2 aliphatic heterocycles. The van der Waals surface area contributed by atoms with E-state index < -0.39 is 36.3 Å². The second-order valence-electron chi connectivity index (χ2n) is 9.20. The van der Waals surface area contributed by atoms with Crippen LogP contribution in [0.4, 0.5) is 5.69 Å². The summed E-state index contributed by atoms with van der Waals surface area (Å²) in [6.07, 6.45) is 1.94. The van der Waals surface area contributed by atoms with Crippen molar-refractivity contribution < 1.29 is 38.9 Å². The Hall–Kier alpha value is -4.61. The highest BCUT2D eigenvalue weighted by Crippen LogP contribution is 2.43. The topological polar surface area (TPSA) is 204 Å². The molecule has 0 bridgehead atoms. The van der Waals surface area contributed by atoms with Crippen molar-refractivity contribution in [3.8, 4) is 11.5 Å². The number of hydrogen-bond donors (Lipinski definition) is 5. The Bertz CT molecular complexity index is 1320. The number of fused-ring (bicyclic) bond motifs is 4. The number of benzene rings is 2. The third-order valence-corrected chi connectivity index (χ3v) is 6.45. The number of rotatable bonds is 7. The van der Waals surface area contributed by atoms with Crippen LogP contribution in [-0.2, 0) is 27.2 Å². The molecular formula is C26H28N4O8. The lowest BCUT2D eigenvalue weighted by atomic mass is 9.92. The summed E-state index contributed by atoms with van der Waals surface area (Å²) in [5.74, 6) is -3.39. The lowest BCUT2D eigenvalue weighted by Crippen LogP contribution is -2.42. The molecule has 2 aliphatic rings. The quantitative estimate of drug-likeness (QED) is 0.153. The van der Waals surface area contributed by atoms with Gasteiger partial charge in [-0.2, -0.15) is 0 Å². The van der Waals surface area contributed by atoms with E-state index in [1.165, 1.54) is 0 Å². The SMILES string of the molecule is NC(N)=Nc1ccc2c(c1)CCCCc1c(ccc3c1OC[C@H]3CC(=O)NC(CC(=O)O)C(=O)O)OC2=O. The molecule has 2 atom stereocenters. The third kappa shape index (κ3) is 6.02. The number of nitrogens with two attached hydrogens (primary N) is 2. The maximum absolute atomic E-state index is 13.1. The van der Waals surface area contributed by atoms with E-state index in [1.54, 1.807) is 30.3 Å². The first-order valence-corrected chi connectivity index (χ1v) is 12.1. The molecule has 4 rings (SSSR count). The summed E-state index contributed by atoms with van der Waals surface area (Å²) >= 11 is 0. The maximum atomic E-state index is 13.1. The van der Waals surface area contributed by atoms with Gasteiger partial charge < -0.3 is 36.5 Å². The fourth-order valence-electron chi connectivity index (χ4n) is 4.72. The van der Waals surface area contributed by atoms with Crippen LogP contribution in [0.15, 0.2) is 35.3 Å². The Morgan fingerprint density at radius 1 is 1.11 bits per heavy atom. The minimum absolute atomic E-state index is 0.0760. The summed E-state index contributed by atoms with van der Waals surface area (Å²) in [6, 6.07) is 6.92. The van der Waals surface area contributed by atoms with Crippen molar-refractivity contribution in [1.29, 1.82) is 0 Å². The zero-order chi connectivity index (χ0) is 27.4. The fraction of sp³-hybridized carbons (Fsp3) is 0.346. The Balaban J connectivity index is 1.54. The number of hydrogen-bond acceptors (Lipinski definition) is 7. The van der Waals surface area contributed by atoms with E-state index in [0.717, 1.165) is 29.5 Å². The molecule has 0 fully saturated rings. The number of carboxylic acids is 2. The summed E-state index contributed by atoms with van der Waals surface area (Å²) in [4.78, 5) is 51.8. The number of carbonyl (C=O) groups is 4. The van der Waals surface area contributed by atoms with Gasteiger partial charge in [0, 0.05) is 23.5 Å². The molecule has 0 aromatic heterocycles. The average Bonchev–Trinajstić information content (AvgIpc) is 3.24. The molecule has 2 heterocycles. The number of esters is 1. The van der Waals surface area contributed by atoms with E-state index in [-0.39, 0.29) is 24.9 Å². The molecule has 7 N–H and O–H groups in total. The van der Waals surface area contributed by atoms with Gasteiger partial charge in [-0.05, 0) is 55.5 Å². The van der Waals surface area contributed by atoms with E-state index in [4.69, 9.17) is 26.0 Å². The van der Waals surface area contributed by atoms with E-state index in [2.05, 4.69) is 10.3 Å². The van der Waals surface area contributed by atoms with Crippen molar-refractivity contribution in [2.24, 2.45) is 16.5 Å². The third-order valence-electron chi connectivity index (χ3n) is 6.45. The monoisotopic (exact) mass is 524 g/mol. The van der Waals surface area contributed by atoms with Gasteiger partial charge in [-0.25, -0.2) is 14.6 Å². The molecule has 12 heteroatoms. The number of aliphatic carboxylic acids is 2. The Labute approximate surface area is 217 Å². The highest BCUT2D eigenvalue weighted by Gasteiger charge is 2.32. The number of nitrogens with zero attached hydrogens (tertiary/aromatic N) is 1. The number of ether oxygens (including phenoxy) is 2. The van der Waals surface area contributed by atoms with Crippen LogP contribution >= 0.6 is 0 Å². The highest BCUT2D eigenvalue weighted by molar-refractivity contribution is 5.94. The second kappa shape index (κ2) is 11.2. The first kappa shape index (κ1) is 26.5. The van der Waals surface area contributed by atoms with Gasteiger partial charge in [0.1, 0.15) is 17.5 Å². The molecule has 38 heavy (non-hydrogen) atoms. The molecule has 2 aromatic rings. The highest BCUT2D eigenvalue weighted by atomic mass is 16.5. The van der Waals surface area contributed by atoms with Gasteiger partial charge in [0.2, 0.25) is 5.91 Å². The van der Waals surface area contributed by atoms with Crippen molar-refractivity contribution in [1.82, 2.24) is 5.32 Å². The smallest absolute Gasteiger partial charge is 0.343 e. The zero-order valence-corrected chi connectivity index (χ0v) is 20.4. The van der Waals surface area contributed by atoms with Gasteiger partial charge in [-0.1, -0.05) is 6.07 Å². The van der Waals surface area contributed by atoms with Gasteiger partial charge in [-0.3, -0.25) is 9.59 Å². The van der Waals surface area contributed by atoms with Crippen LogP contribution < -0.4 is 26.3 Å². The summed E-state index contributed by atoms with van der Waals surface area (Å²) < 4.78 is 11.7. The zero-order valence-electron chi connectivity index (χ0n) is 20.4. The standard InChI is InChI=1S/C26H28N4O8/c27-26(28)29-15-5-6-17-13(9-15)3-1-2-4-18-20(38-25(17)36)8-7-16-14(12-37-23(16)18)10-21(31)30-19(24(34)35)11-22(32)33/h5-9,14,19H,1-4,10-12H2,(H,30,31)(H,32,33)(H,34,35)(H4,27,28,29)/t14-,19?/m1/s1. The Kier molecular flexibility index (Phi) is 7.79. The molecule has 1 amide bonds. The van der Waals surface area contributed by atoms with E-state index in [1.807, 2.05) is 0 Å². The first-order valence-electron chi connectivity index (χ1n) is 12.1. The van der Waals surface area contributed by atoms with E-state index in [9.17, 15) is 24.3 Å². The normalized spacial score (nSPS) is 16.9. The number of aliphatic imine (C=N–C) groups is 1. The number of guanidine groups is 1. The van der Waals surface area contributed by atoms with Crippen molar-refractivity contribution >= 4 is 35.5 Å². The van der Waals surface area contributed by atoms with Crippen molar-refractivity contribution in [2.45, 2.75) is 50.5 Å². The number of amides is 1. The minimum atomic E-state index is -1.52. The first-order chi connectivity index (χ1) is 18.1. The average molecular weight is 525 g/mol. The molecule has 0 spiro atoms. The van der Waals surface area contributed by atoms with E-state index in [0.29, 0.717) is 35.6 Å². The molecule has 0 radical (unpaired) electrons. The molecule has 0 saturated carbocycles. The van der Waals surface area contributed by atoms with Crippen LogP contribution in [0.5, 0.6) is 11.5 Å². The van der Waals surface area contributed by atoms with Crippen LogP contribution in [-0.4, -0.2) is 52.6 Å². The number of carboxylic acid groups (broad SMARTS) is 2. The summed E-state index contributed by atoms with van der Waals surface area (Å²) in [5.41, 5.74) is 14.2. The molecule has 200 valence electrons. The molecule has 12 nitrogen and oxygen atoms in total. The number of aryl methyl sites for hydroxylation is 1. The maximum Gasteiger partial charge on any atom is 0.343 e. The summed E-state index contributed by atoms with van der Waals surface area (Å²) in [6.45, 7) is 0.181. The predicted octanol–water partition coefficient (Wildman–Crippen LogP) is 1.60. The Morgan fingerprint density at radius 3 is 2.58 bits per heavy atom. The van der Waals surface area contributed by atoms with Crippen LogP contribution in [0.3, 0.4) is 0 Å². The second-order valence-corrected chi connectivity index (χ2v) is 9.20. The van der Waals surface area contributed by atoms with Crippen molar-refractivity contribution in [2.75, 3.05) is 6.61 Å². The fourth-order valence-corrected chi connectivity index (χ4v) is 4.72. The van der Waals surface area contributed by atoms with Crippen molar-refractivity contribution in [3.05, 3.63) is 52.6 Å². The summed E-state index contributed by atoms with van der Waals surface area (Å²) in [7, 11) is 0. The van der Waals surface area contributed by atoms with Gasteiger partial charge in [-0.15, -0.1) is 0 Å². The lowest BCUT2D eigenvalue weighted by Gasteiger charge is -2.18. The van der Waals surface area contributed by atoms with Gasteiger partial charge >= 0.3 is 17.9 Å². The summed E-state index contributed by atoms with van der Waals surface area (Å²) in [5, 5.41) is 20.3. The lowest BCUT2D eigenvalue weighted by molar-refractivity contribution is -0.147. The van der Waals surface area contributed by atoms with Crippen LogP contribution in [0.25, 0.3) is 0 Å².